The minimum Gasteiger partial charge on any atom is -0.507 e. The molecule has 0 radical (unpaired) electrons. The molecule has 0 aliphatic heterocycles. The Hall–Kier alpha value is -2.50. The summed E-state index contributed by atoms with van der Waals surface area (Å²) in [5.74, 6) is -2.04. The maximum atomic E-state index is 12.6. The lowest BCUT2D eigenvalue weighted by Gasteiger charge is -2.23. The molecule has 0 atom stereocenters. The topological polar surface area (TPSA) is 93.1 Å². The van der Waals surface area contributed by atoms with E-state index in [1.54, 1.807) is 13.8 Å². The predicted octanol–water partition coefficient (Wildman–Crippen LogP) is 2.36. The Bertz CT molecular complexity index is 640. The Morgan fingerprint density at radius 2 is 1.45 bits per heavy atom. The van der Waals surface area contributed by atoms with Gasteiger partial charge in [-0.15, -0.1) is 0 Å². The molecule has 0 amide bonds. The molecular weight excluding hydrogens is 288 g/mol. The Kier molecular flexibility index (Phi) is 4.12. The van der Waals surface area contributed by atoms with Gasteiger partial charge in [-0.05, 0) is 12.8 Å². The molecule has 0 saturated carbocycles. The number of hydrogen-bond donors (Lipinski definition) is 2. The number of carbonyl (C=O) groups excluding carboxylic acids is 2. The van der Waals surface area contributed by atoms with Gasteiger partial charge in [-0.1, -0.05) is 13.8 Å². The highest BCUT2D eigenvalue weighted by Gasteiger charge is 2.39. The van der Waals surface area contributed by atoms with Gasteiger partial charge < -0.3 is 19.7 Å². The third-order valence-corrected chi connectivity index (χ3v) is 3.82. The van der Waals surface area contributed by atoms with Crippen molar-refractivity contribution in [3.8, 4) is 17.2 Å². The van der Waals surface area contributed by atoms with Crippen molar-refractivity contribution in [2.75, 3.05) is 14.2 Å². The smallest absolute Gasteiger partial charge is 0.232 e. The maximum Gasteiger partial charge on any atom is 0.232 e. The van der Waals surface area contributed by atoms with E-state index in [-0.39, 0.29) is 45.9 Å². The number of aromatic hydroxyl groups is 2. The van der Waals surface area contributed by atoms with Crippen molar-refractivity contribution >= 4 is 11.6 Å². The third kappa shape index (κ3) is 1.94. The van der Waals surface area contributed by atoms with Crippen molar-refractivity contribution in [2.24, 2.45) is 0 Å². The maximum absolute atomic E-state index is 12.6. The first-order chi connectivity index (χ1) is 10.4. The van der Waals surface area contributed by atoms with Crippen molar-refractivity contribution < 1.29 is 29.3 Å². The van der Waals surface area contributed by atoms with Gasteiger partial charge in [0, 0.05) is 11.1 Å². The molecule has 0 heterocycles. The number of phenolic OH excluding ortho intramolecular Hbond substituents is 2. The minimum atomic E-state index is -0.636. The van der Waals surface area contributed by atoms with Gasteiger partial charge >= 0.3 is 0 Å². The Balaban J connectivity index is 2.91. The molecule has 0 aromatic heterocycles. The number of allylic oxidation sites excluding steroid dienone is 2. The molecule has 0 fully saturated rings. The number of methoxy groups -OCH3 is 2. The van der Waals surface area contributed by atoms with Crippen molar-refractivity contribution in [3.63, 3.8) is 0 Å². The first kappa shape index (κ1) is 15.9. The lowest BCUT2D eigenvalue weighted by atomic mass is 9.83. The van der Waals surface area contributed by atoms with E-state index in [1.165, 1.54) is 14.2 Å². The van der Waals surface area contributed by atoms with Crippen LogP contribution >= 0.6 is 0 Å². The number of phenols is 2. The molecule has 1 aromatic rings. The summed E-state index contributed by atoms with van der Waals surface area (Å²) < 4.78 is 10.1. The number of benzene rings is 1. The van der Waals surface area contributed by atoms with Crippen LogP contribution in [0, 0.1) is 0 Å². The molecule has 0 unspecified atom stereocenters. The van der Waals surface area contributed by atoms with Crippen LogP contribution in [0.15, 0.2) is 11.3 Å². The third-order valence-electron chi connectivity index (χ3n) is 3.82. The van der Waals surface area contributed by atoms with Gasteiger partial charge in [0.05, 0.1) is 25.3 Å². The summed E-state index contributed by atoms with van der Waals surface area (Å²) in [6.07, 6.45) is 0.612. The standard InChI is InChI=1S/C16H18O6/c1-5-7-11(17)9-10(13(19)15(7)21-3)14(20)16(22-4)8(6-2)12(9)18/h17,19H,5-6H2,1-4H3. The number of rotatable bonds is 4. The molecule has 2 rings (SSSR count). The molecule has 0 saturated heterocycles. The van der Waals surface area contributed by atoms with Crippen LogP contribution in [0.4, 0.5) is 0 Å². The quantitative estimate of drug-likeness (QED) is 0.829. The average molecular weight is 306 g/mol. The van der Waals surface area contributed by atoms with Crippen LogP contribution < -0.4 is 4.74 Å². The van der Waals surface area contributed by atoms with Crippen molar-refractivity contribution in [2.45, 2.75) is 26.7 Å². The van der Waals surface area contributed by atoms with E-state index < -0.39 is 17.3 Å². The van der Waals surface area contributed by atoms with Gasteiger partial charge in [0.2, 0.25) is 5.78 Å². The second-order valence-corrected chi connectivity index (χ2v) is 4.84. The number of fused-ring (bicyclic) bond motifs is 1. The highest BCUT2D eigenvalue weighted by atomic mass is 16.5. The second-order valence-electron chi connectivity index (χ2n) is 4.84. The largest absolute Gasteiger partial charge is 0.507 e. The Morgan fingerprint density at radius 1 is 0.864 bits per heavy atom. The molecule has 0 bridgehead atoms. The molecule has 22 heavy (non-hydrogen) atoms. The SMILES string of the molecule is CCC1=C(OC)C(=O)c2c(O)c(OC)c(CC)c(O)c2C1=O. The van der Waals surface area contributed by atoms with E-state index in [0.29, 0.717) is 6.42 Å². The van der Waals surface area contributed by atoms with Crippen LogP contribution in [0.2, 0.25) is 0 Å². The van der Waals surface area contributed by atoms with E-state index in [4.69, 9.17) is 9.47 Å². The Morgan fingerprint density at radius 3 is 1.91 bits per heavy atom. The molecule has 1 aliphatic carbocycles. The molecule has 6 heteroatoms. The first-order valence-electron chi connectivity index (χ1n) is 6.95. The summed E-state index contributed by atoms with van der Waals surface area (Å²) in [4.78, 5) is 25.1. The van der Waals surface area contributed by atoms with E-state index in [9.17, 15) is 19.8 Å². The summed E-state index contributed by atoms with van der Waals surface area (Å²) in [7, 11) is 2.61. The highest BCUT2D eigenvalue weighted by molar-refractivity contribution is 6.28. The normalized spacial score (nSPS) is 14.2. The fourth-order valence-electron chi connectivity index (χ4n) is 2.78. The van der Waals surface area contributed by atoms with Crippen LogP contribution in [0.25, 0.3) is 0 Å². The fourth-order valence-corrected chi connectivity index (χ4v) is 2.78. The fraction of sp³-hybridized carbons (Fsp3) is 0.375. The Labute approximate surface area is 128 Å². The molecule has 0 spiro atoms. The van der Waals surface area contributed by atoms with Gasteiger partial charge in [-0.3, -0.25) is 9.59 Å². The average Bonchev–Trinajstić information content (AvgIpc) is 2.51. The van der Waals surface area contributed by atoms with Crippen molar-refractivity contribution in [1.29, 1.82) is 0 Å². The molecule has 1 aliphatic rings. The first-order valence-corrected chi connectivity index (χ1v) is 6.95. The molecule has 118 valence electrons. The molecule has 6 nitrogen and oxygen atoms in total. The molecular formula is C16H18O6. The van der Waals surface area contributed by atoms with Crippen LogP contribution in [-0.2, 0) is 11.2 Å². The predicted molar refractivity (Wildman–Crippen MR) is 78.7 cm³/mol. The van der Waals surface area contributed by atoms with Crippen molar-refractivity contribution in [3.05, 3.63) is 28.0 Å². The highest BCUT2D eigenvalue weighted by Crippen LogP contribution is 2.47. The van der Waals surface area contributed by atoms with Crippen molar-refractivity contribution in [1.82, 2.24) is 0 Å². The summed E-state index contributed by atoms with van der Waals surface area (Å²) in [5, 5.41) is 20.7. The lowest BCUT2D eigenvalue weighted by Crippen LogP contribution is -2.24. The summed E-state index contributed by atoms with van der Waals surface area (Å²) in [6, 6.07) is 0. The lowest BCUT2D eigenvalue weighted by molar-refractivity contribution is 0.0897. The number of carbonyl (C=O) groups is 2. The zero-order valence-electron chi connectivity index (χ0n) is 12.9. The molecule has 2 N–H and O–H groups in total. The minimum absolute atomic E-state index is 0.00435. The van der Waals surface area contributed by atoms with Crippen LogP contribution in [0.1, 0.15) is 46.5 Å². The second kappa shape index (κ2) is 5.71. The molecule has 1 aromatic carbocycles. The van der Waals surface area contributed by atoms with Crippen LogP contribution in [0.3, 0.4) is 0 Å². The van der Waals surface area contributed by atoms with Gasteiger partial charge in [0.1, 0.15) is 5.75 Å². The van der Waals surface area contributed by atoms with Crippen LogP contribution in [0.5, 0.6) is 17.2 Å². The zero-order chi connectivity index (χ0) is 16.6. The number of hydrogen-bond acceptors (Lipinski definition) is 6. The van der Waals surface area contributed by atoms with E-state index in [0.717, 1.165) is 0 Å². The van der Waals surface area contributed by atoms with Gasteiger partial charge in [0.15, 0.2) is 23.0 Å². The van der Waals surface area contributed by atoms with Gasteiger partial charge in [-0.25, -0.2) is 0 Å². The van der Waals surface area contributed by atoms with E-state index >= 15 is 0 Å². The van der Waals surface area contributed by atoms with E-state index in [1.807, 2.05) is 0 Å². The summed E-state index contributed by atoms with van der Waals surface area (Å²) >= 11 is 0. The van der Waals surface area contributed by atoms with Gasteiger partial charge in [0.25, 0.3) is 0 Å². The number of Topliss-reactive ketones (excluding diaryl/α,β-unsaturated/α-hetero) is 2. The zero-order valence-corrected chi connectivity index (χ0v) is 12.9. The number of ether oxygens (including phenoxy) is 2. The van der Waals surface area contributed by atoms with Crippen LogP contribution in [-0.4, -0.2) is 36.0 Å². The van der Waals surface area contributed by atoms with E-state index in [2.05, 4.69) is 0 Å². The monoisotopic (exact) mass is 306 g/mol. The van der Waals surface area contributed by atoms with Gasteiger partial charge in [-0.2, -0.15) is 0 Å². The summed E-state index contributed by atoms with van der Waals surface area (Å²) in [5.41, 5.74) is 0.0153. The number of ketones is 2. The summed E-state index contributed by atoms with van der Waals surface area (Å²) in [6.45, 7) is 3.46.